The van der Waals surface area contributed by atoms with Gasteiger partial charge in [0.25, 0.3) is 0 Å². The van der Waals surface area contributed by atoms with Crippen molar-refractivity contribution in [1.29, 1.82) is 0 Å². The minimum atomic E-state index is -0.110. The summed E-state index contributed by atoms with van der Waals surface area (Å²) in [4.78, 5) is 0. The molecule has 1 aliphatic rings. The molecule has 1 aliphatic carbocycles. The van der Waals surface area contributed by atoms with E-state index in [1.54, 1.807) is 6.07 Å². The van der Waals surface area contributed by atoms with Gasteiger partial charge in [-0.25, -0.2) is 4.39 Å². The van der Waals surface area contributed by atoms with Gasteiger partial charge in [0, 0.05) is 6.04 Å². The van der Waals surface area contributed by atoms with Gasteiger partial charge in [-0.2, -0.15) is 0 Å². The highest BCUT2D eigenvalue weighted by Gasteiger charge is 2.19. The highest BCUT2D eigenvalue weighted by molar-refractivity contribution is 5.17. The first-order chi connectivity index (χ1) is 8.28. The van der Waals surface area contributed by atoms with Crippen molar-refractivity contribution >= 4 is 0 Å². The fraction of sp³-hybridized carbons (Fsp3) is 0.600. The summed E-state index contributed by atoms with van der Waals surface area (Å²) in [7, 11) is 2.05. The molecule has 2 heteroatoms. The van der Waals surface area contributed by atoms with Gasteiger partial charge >= 0.3 is 0 Å². The summed E-state index contributed by atoms with van der Waals surface area (Å²) in [5.41, 5.74) is 1.15. The lowest BCUT2D eigenvalue weighted by atomic mass is 9.91. The van der Waals surface area contributed by atoms with Crippen LogP contribution in [0.2, 0.25) is 0 Å². The molecule has 0 heterocycles. The Balaban J connectivity index is 1.97. The Kier molecular flexibility index (Phi) is 4.55. The van der Waals surface area contributed by atoms with E-state index in [4.69, 9.17) is 0 Å². The van der Waals surface area contributed by atoms with E-state index in [0.29, 0.717) is 12.0 Å². The Bertz CT molecular complexity index is 351. The molecule has 0 amide bonds. The third-order valence-corrected chi connectivity index (χ3v) is 3.85. The van der Waals surface area contributed by atoms with E-state index in [9.17, 15) is 4.39 Å². The molecule has 2 unspecified atom stereocenters. The molecule has 1 saturated carbocycles. The molecule has 17 heavy (non-hydrogen) atoms. The van der Waals surface area contributed by atoms with Gasteiger partial charge in [0.2, 0.25) is 0 Å². The molecule has 1 N–H and O–H groups in total. The van der Waals surface area contributed by atoms with Crippen LogP contribution in [-0.4, -0.2) is 13.1 Å². The lowest BCUT2D eigenvalue weighted by Gasteiger charge is -2.19. The minimum absolute atomic E-state index is 0.110. The molecule has 0 bridgehead atoms. The van der Waals surface area contributed by atoms with Gasteiger partial charge in [-0.05, 0) is 49.9 Å². The van der Waals surface area contributed by atoms with Gasteiger partial charge in [0.15, 0.2) is 0 Å². The van der Waals surface area contributed by atoms with Crippen LogP contribution < -0.4 is 5.32 Å². The van der Waals surface area contributed by atoms with Crippen molar-refractivity contribution in [2.75, 3.05) is 7.05 Å². The molecule has 1 aromatic carbocycles. The van der Waals surface area contributed by atoms with Crippen molar-refractivity contribution < 1.29 is 4.39 Å². The number of halogens is 1. The van der Waals surface area contributed by atoms with Crippen molar-refractivity contribution in [2.24, 2.45) is 5.92 Å². The third-order valence-electron chi connectivity index (χ3n) is 3.85. The predicted octanol–water partition coefficient (Wildman–Crippen LogP) is 3.54. The highest BCUT2D eigenvalue weighted by atomic mass is 19.1. The molecule has 2 atom stereocenters. The molecule has 0 aliphatic heterocycles. The monoisotopic (exact) mass is 235 g/mol. The first kappa shape index (κ1) is 12.6. The Hall–Kier alpha value is -0.890. The summed E-state index contributed by atoms with van der Waals surface area (Å²) < 4.78 is 13.1. The van der Waals surface area contributed by atoms with Crippen LogP contribution >= 0.6 is 0 Å². The predicted molar refractivity (Wildman–Crippen MR) is 69.5 cm³/mol. The Morgan fingerprint density at radius 3 is 2.88 bits per heavy atom. The number of benzene rings is 1. The quantitative estimate of drug-likeness (QED) is 0.790. The summed E-state index contributed by atoms with van der Waals surface area (Å²) in [6.07, 6.45) is 7.47. The lowest BCUT2D eigenvalue weighted by molar-refractivity contribution is 0.400. The SMILES string of the molecule is CNC1CCCCC(Cc2cccc(F)c2)C1. The fourth-order valence-electron chi connectivity index (χ4n) is 2.91. The molecule has 2 rings (SSSR count). The second-order valence-corrected chi connectivity index (χ2v) is 5.21. The first-order valence-electron chi connectivity index (χ1n) is 6.69. The zero-order chi connectivity index (χ0) is 12.1. The van der Waals surface area contributed by atoms with Crippen LogP contribution in [0.3, 0.4) is 0 Å². The number of hydrogen-bond donors (Lipinski definition) is 1. The van der Waals surface area contributed by atoms with Crippen LogP contribution in [0.4, 0.5) is 4.39 Å². The molecule has 94 valence electrons. The molecule has 0 saturated heterocycles. The fourth-order valence-corrected chi connectivity index (χ4v) is 2.91. The maximum absolute atomic E-state index is 13.1. The molecule has 1 nitrogen and oxygen atoms in total. The summed E-state index contributed by atoms with van der Waals surface area (Å²) in [6.45, 7) is 0. The van der Waals surface area contributed by atoms with Crippen LogP contribution in [0.25, 0.3) is 0 Å². The molecule has 1 aromatic rings. The van der Waals surface area contributed by atoms with Crippen LogP contribution in [0.1, 0.15) is 37.7 Å². The van der Waals surface area contributed by atoms with Gasteiger partial charge in [-0.15, -0.1) is 0 Å². The van der Waals surface area contributed by atoms with E-state index in [0.717, 1.165) is 12.0 Å². The highest BCUT2D eigenvalue weighted by Crippen LogP contribution is 2.26. The molecular formula is C15H22FN. The van der Waals surface area contributed by atoms with Crippen LogP contribution in [0.15, 0.2) is 24.3 Å². The topological polar surface area (TPSA) is 12.0 Å². The van der Waals surface area contributed by atoms with Crippen molar-refractivity contribution in [3.63, 3.8) is 0 Å². The third kappa shape index (κ3) is 3.81. The number of hydrogen-bond acceptors (Lipinski definition) is 1. The van der Waals surface area contributed by atoms with Gasteiger partial charge in [-0.3, -0.25) is 0 Å². The first-order valence-corrected chi connectivity index (χ1v) is 6.69. The van der Waals surface area contributed by atoms with Crippen LogP contribution in [0.5, 0.6) is 0 Å². The standard InChI is InChI=1S/C15H22FN/c1-17-15-8-3-2-5-13(11-15)9-12-6-4-7-14(16)10-12/h4,6-7,10,13,15,17H,2-3,5,8-9,11H2,1H3. The van der Waals surface area contributed by atoms with Crippen molar-refractivity contribution in [1.82, 2.24) is 5.32 Å². The van der Waals surface area contributed by atoms with E-state index < -0.39 is 0 Å². The summed E-state index contributed by atoms with van der Waals surface area (Å²) in [5, 5.41) is 3.40. The smallest absolute Gasteiger partial charge is 0.123 e. The Labute approximate surface area is 103 Å². The van der Waals surface area contributed by atoms with Gasteiger partial charge in [-0.1, -0.05) is 31.4 Å². The summed E-state index contributed by atoms with van der Waals surface area (Å²) >= 11 is 0. The molecule has 0 aromatic heterocycles. The van der Waals surface area contributed by atoms with E-state index in [2.05, 4.69) is 12.4 Å². The summed E-state index contributed by atoms with van der Waals surface area (Å²) in [6, 6.07) is 7.71. The average Bonchev–Trinajstić information content (AvgIpc) is 2.54. The van der Waals surface area contributed by atoms with Gasteiger partial charge in [0.05, 0.1) is 0 Å². The zero-order valence-electron chi connectivity index (χ0n) is 10.6. The van der Waals surface area contributed by atoms with Crippen molar-refractivity contribution in [2.45, 2.75) is 44.6 Å². The van der Waals surface area contributed by atoms with Gasteiger partial charge < -0.3 is 5.32 Å². The summed E-state index contributed by atoms with van der Waals surface area (Å²) in [5.74, 6) is 0.595. The molecular weight excluding hydrogens is 213 g/mol. The maximum Gasteiger partial charge on any atom is 0.123 e. The van der Waals surface area contributed by atoms with E-state index >= 15 is 0 Å². The average molecular weight is 235 g/mol. The molecule has 0 radical (unpaired) electrons. The van der Waals surface area contributed by atoms with Crippen LogP contribution in [0, 0.1) is 11.7 Å². The number of rotatable bonds is 3. The van der Waals surface area contributed by atoms with Gasteiger partial charge in [0.1, 0.15) is 5.82 Å². The van der Waals surface area contributed by atoms with E-state index in [1.165, 1.54) is 38.2 Å². The molecule has 0 spiro atoms. The number of nitrogens with one attached hydrogen (secondary N) is 1. The van der Waals surface area contributed by atoms with Crippen LogP contribution in [-0.2, 0) is 6.42 Å². The Morgan fingerprint density at radius 1 is 1.29 bits per heavy atom. The molecule has 1 fully saturated rings. The van der Waals surface area contributed by atoms with Crippen molar-refractivity contribution in [3.05, 3.63) is 35.6 Å². The van der Waals surface area contributed by atoms with Crippen molar-refractivity contribution in [3.8, 4) is 0 Å². The zero-order valence-corrected chi connectivity index (χ0v) is 10.6. The van der Waals surface area contributed by atoms with E-state index in [-0.39, 0.29) is 5.82 Å². The lowest BCUT2D eigenvalue weighted by Crippen LogP contribution is -2.26. The largest absolute Gasteiger partial charge is 0.317 e. The Morgan fingerprint density at radius 2 is 2.12 bits per heavy atom. The maximum atomic E-state index is 13.1. The minimum Gasteiger partial charge on any atom is -0.317 e. The van der Waals surface area contributed by atoms with E-state index in [1.807, 2.05) is 12.1 Å². The second-order valence-electron chi connectivity index (χ2n) is 5.21. The normalized spacial score (nSPS) is 25.5. The second kappa shape index (κ2) is 6.15.